The van der Waals surface area contributed by atoms with Crippen LogP contribution in [-0.2, 0) is 17.8 Å². The minimum atomic E-state index is 0.110. The number of thioether (sulfide) groups is 1. The Morgan fingerprint density at radius 2 is 1.85 bits per heavy atom. The number of nitrogen functional groups attached to an aromatic ring is 1. The number of rotatable bonds is 6. The standard InChI is InChI=1S/C17H22N6O2S/c1-11-19-21-15(25-11)10-26-16-22-20-14(23(16)18)9-24-13-7-5-12(6-8-13)17(2,3)4/h5-8H,9-10,18H2,1-4H3. The van der Waals surface area contributed by atoms with Gasteiger partial charge in [-0.05, 0) is 23.1 Å². The Hall–Kier alpha value is -2.55. The van der Waals surface area contributed by atoms with Gasteiger partial charge in [-0.1, -0.05) is 44.7 Å². The van der Waals surface area contributed by atoms with E-state index in [1.807, 2.05) is 12.1 Å². The molecule has 9 heteroatoms. The summed E-state index contributed by atoms with van der Waals surface area (Å²) in [5.74, 6) is 8.87. The van der Waals surface area contributed by atoms with Crippen molar-refractivity contribution < 1.29 is 9.15 Å². The number of nitrogens with zero attached hydrogens (tertiary/aromatic N) is 5. The van der Waals surface area contributed by atoms with E-state index in [4.69, 9.17) is 15.0 Å². The number of aromatic nitrogens is 5. The van der Waals surface area contributed by atoms with Gasteiger partial charge in [-0.15, -0.1) is 20.4 Å². The van der Waals surface area contributed by atoms with Crippen LogP contribution < -0.4 is 10.6 Å². The highest BCUT2D eigenvalue weighted by molar-refractivity contribution is 7.98. The van der Waals surface area contributed by atoms with Gasteiger partial charge in [-0.25, -0.2) is 4.68 Å². The molecule has 1 aromatic carbocycles. The molecule has 138 valence electrons. The van der Waals surface area contributed by atoms with Gasteiger partial charge in [0.15, 0.2) is 5.82 Å². The second-order valence-electron chi connectivity index (χ2n) is 6.84. The Kier molecular flexibility index (Phi) is 5.17. The second-order valence-corrected chi connectivity index (χ2v) is 7.78. The van der Waals surface area contributed by atoms with E-state index in [2.05, 4.69) is 53.3 Å². The summed E-state index contributed by atoms with van der Waals surface area (Å²) in [6.07, 6.45) is 0. The minimum absolute atomic E-state index is 0.110. The van der Waals surface area contributed by atoms with Crippen molar-refractivity contribution in [3.05, 3.63) is 47.4 Å². The summed E-state index contributed by atoms with van der Waals surface area (Å²) in [5.41, 5.74) is 1.36. The molecule has 2 heterocycles. The van der Waals surface area contributed by atoms with E-state index < -0.39 is 0 Å². The number of aryl methyl sites for hydroxylation is 1. The van der Waals surface area contributed by atoms with E-state index in [0.717, 1.165) is 5.75 Å². The Balaban J connectivity index is 1.58. The van der Waals surface area contributed by atoms with E-state index in [1.165, 1.54) is 22.0 Å². The van der Waals surface area contributed by atoms with Crippen LogP contribution in [-0.4, -0.2) is 25.1 Å². The first kappa shape index (κ1) is 18.2. The van der Waals surface area contributed by atoms with Gasteiger partial charge in [0.1, 0.15) is 12.4 Å². The Morgan fingerprint density at radius 3 is 2.46 bits per heavy atom. The number of hydrogen-bond donors (Lipinski definition) is 1. The van der Waals surface area contributed by atoms with E-state index >= 15 is 0 Å². The highest BCUT2D eigenvalue weighted by Gasteiger charge is 2.15. The van der Waals surface area contributed by atoms with Gasteiger partial charge < -0.3 is 15.0 Å². The predicted molar refractivity (Wildman–Crippen MR) is 98.2 cm³/mol. The Labute approximate surface area is 156 Å². The largest absolute Gasteiger partial charge is 0.486 e. The lowest BCUT2D eigenvalue weighted by Crippen LogP contribution is -2.16. The van der Waals surface area contributed by atoms with E-state index in [1.54, 1.807) is 6.92 Å². The van der Waals surface area contributed by atoms with Crippen LogP contribution in [0.3, 0.4) is 0 Å². The van der Waals surface area contributed by atoms with Crippen molar-refractivity contribution in [2.45, 2.75) is 50.6 Å². The van der Waals surface area contributed by atoms with Crippen LogP contribution in [0.4, 0.5) is 0 Å². The first-order valence-electron chi connectivity index (χ1n) is 8.17. The van der Waals surface area contributed by atoms with E-state index in [-0.39, 0.29) is 12.0 Å². The fourth-order valence-corrected chi connectivity index (χ4v) is 2.94. The zero-order valence-electron chi connectivity index (χ0n) is 15.3. The number of benzene rings is 1. The third-order valence-corrected chi connectivity index (χ3v) is 4.64. The summed E-state index contributed by atoms with van der Waals surface area (Å²) in [6.45, 7) is 8.51. The topological polar surface area (TPSA) is 105 Å². The van der Waals surface area contributed by atoms with Crippen LogP contribution in [0.15, 0.2) is 33.8 Å². The summed E-state index contributed by atoms with van der Waals surface area (Å²) in [5, 5.41) is 16.4. The maximum atomic E-state index is 6.04. The fraction of sp³-hybridized carbons (Fsp3) is 0.412. The number of hydrogen-bond acceptors (Lipinski definition) is 8. The van der Waals surface area contributed by atoms with Crippen LogP contribution in [0, 0.1) is 6.92 Å². The maximum Gasteiger partial charge on any atom is 0.226 e. The Bertz CT molecular complexity index is 866. The molecule has 0 spiro atoms. The molecule has 8 nitrogen and oxygen atoms in total. The predicted octanol–water partition coefficient (Wildman–Crippen LogP) is 2.85. The molecule has 0 amide bonds. The summed E-state index contributed by atoms with van der Waals surface area (Å²) in [7, 11) is 0. The average molecular weight is 374 g/mol. The van der Waals surface area contributed by atoms with Crippen LogP contribution in [0.2, 0.25) is 0 Å². The van der Waals surface area contributed by atoms with Gasteiger partial charge in [-0.2, -0.15) is 0 Å². The lowest BCUT2D eigenvalue weighted by Gasteiger charge is -2.19. The number of ether oxygens (including phenoxy) is 1. The van der Waals surface area contributed by atoms with Crippen molar-refractivity contribution in [1.29, 1.82) is 0 Å². The van der Waals surface area contributed by atoms with Crippen molar-refractivity contribution in [1.82, 2.24) is 25.1 Å². The van der Waals surface area contributed by atoms with Crippen molar-refractivity contribution in [2.24, 2.45) is 0 Å². The smallest absolute Gasteiger partial charge is 0.226 e. The van der Waals surface area contributed by atoms with Crippen molar-refractivity contribution in [2.75, 3.05) is 5.84 Å². The van der Waals surface area contributed by atoms with Gasteiger partial charge in [0.05, 0.1) is 5.75 Å². The first-order valence-corrected chi connectivity index (χ1v) is 9.16. The average Bonchev–Trinajstić information content (AvgIpc) is 3.16. The molecule has 0 unspecified atom stereocenters. The summed E-state index contributed by atoms with van der Waals surface area (Å²) in [6, 6.07) is 8.03. The van der Waals surface area contributed by atoms with Gasteiger partial charge >= 0.3 is 0 Å². The molecular weight excluding hydrogens is 352 g/mol. The molecule has 3 rings (SSSR count). The lowest BCUT2D eigenvalue weighted by atomic mass is 9.87. The SMILES string of the molecule is Cc1nnc(CSc2nnc(COc3ccc(C(C)(C)C)cc3)n2N)o1. The molecule has 0 saturated carbocycles. The third-order valence-electron chi connectivity index (χ3n) is 3.72. The molecule has 0 aliphatic carbocycles. The van der Waals surface area contributed by atoms with Crippen LogP contribution in [0.1, 0.15) is 43.9 Å². The molecule has 0 fully saturated rings. The molecule has 0 radical (unpaired) electrons. The zero-order chi connectivity index (χ0) is 18.7. The van der Waals surface area contributed by atoms with Crippen molar-refractivity contribution in [3.8, 4) is 5.75 Å². The van der Waals surface area contributed by atoms with Crippen LogP contribution >= 0.6 is 11.8 Å². The van der Waals surface area contributed by atoms with E-state index in [9.17, 15) is 0 Å². The van der Waals surface area contributed by atoms with Crippen molar-refractivity contribution >= 4 is 11.8 Å². The molecule has 2 aromatic heterocycles. The van der Waals surface area contributed by atoms with Crippen LogP contribution in [0.25, 0.3) is 0 Å². The molecular formula is C17H22N6O2S. The summed E-state index contributed by atoms with van der Waals surface area (Å²) in [4.78, 5) is 0. The number of nitrogens with two attached hydrogens (primary N) is 1. The normalized spacial score (nSPS) is 11.7. The minimum Gasteiger partial charge on any atom is -0.486 e. The van der Waals surface area contributed by atoms with Gasteiger partial charge in [0, 0.05) is 6.92 Å². The molecule has 2 N–H and O–H groups in total. The Morgan fingerprint density at radius 1 is 1.12 bits per heavy atom. The molecule has 0 aliphatic rings. The molecule has 0 atom stereocenters. The maximum absolute atomic E-state index is 6.04. The van der Waals surface area contributed by atoms with Gasteiger partial charge in [-0.3, -0.25) is 0 Å². The van der Waals surface area contributed by atoms with Crippen molar-refractivity contribution in [3.63, 3.8) is 0 Å². The second kappa shape index (κ2) is 7.36. The highest BCUT2D eigenvalue weighted by atomic mass is 32.2. The first-order chi connectivity index (χ1) is 12.3. The summed E-state index contributed by atoms with van der Waals surface area (Å²) >= 11 is 1.37. The zero-order valence-corrected chi connectivity index (χ0v) is 16.1. The van der Waals surface area contributed by atoms with Gasteiger partial charge in [0.25, 0.3) is 0 Å². The van der Waals surface area contributed by atoms with Gasteiger partial charge in [0.2, 0.25) is 16.9 Å². The quantitative estimate of drug-likeness (QED) is 0.519. The fourth-order valence-electron chi connectivity index (χ4n) is 2.23. The molecule has 3 aromatic rings. The molecule has 0 saturated heterocycles. The third kappa shape index (κ3) is 4.34. The summed E-state index contributed by atoms with van der Waals surface area (Å²) < 4.78 is 12.5. The highest BCUT2D eigenvalue weighted by Crippen LogP contribution is 2.25. The molecule has 26 heavy (non-hydrogen) atoms. The van der Waals surface area contributed by atoms with Crippen LogP contribution in [0.5, 0.6) is 5.75 Å². The molecule has 0 bridgehead atoms. The molecule has 0 aliphatic heterocycles. The monoisotopic (exact) mass is 374 g/mol. The lowest BCUT2D eigenvalue weighted by molar-refractivity contribution is 0.291. The van der Waals surface area contributed by atoms with E-state index in [0.29, 0.717) is 28.5 Å².